The number of halogens is 1. The fourth-order valence-electron chi connectivity index (χ4n) is 2.96. The molecule has 0 radical (unpaired) electrons. The van der Waals surface area contributed by atoms with E-state index in [9.17, 15) is 4.79 Å². The summed E-state index contributed by atoms with van der Waals surface area (Å²) in [7, 11) is 1.62. The van der Waals surface area contributed by atoms with E-state index in [1.54, 1.807) is 20.1 Å². The molecule has 0 bridgehead atoms. The van der Waals surface area contributed by atoms with Gasteiger partial charge in [-0.15, -0.1) is 0 Å². The van der Waals surface area contributed by atoms with Crippen LogP contribution in [0.3, 0.4) is 0 Å². The summed E-state index contributed by atoms with van der Waals surface area (Å²) in [5, 5.41) is -0.459. The first-order valence-electron chi connectivity index (χ1n) is 7.86. The van der Waals surface area contributed by atoms with Crippen LogP contribution in [-0.2, 0) is 17.6 Å². The highest BCUT2D eigenvalue weighted by atomic mass is 35.5. The summed E-state index contributed by atoms with van der Waals surface area (Å²) in [6.45, 7) is 1.69. The molecule has 4 heteroatoms. The van der Waals surface area contributed by atoms with Gasteiger partial charge in [-0.25, -0.2) is 0 Å². The van der Waals surface area contributed by atoms with Gasteiger partial charge in [0, 0.05) is 18.4 Å². The molecule has 2 aromatic carbocycles. The Balaban J connectivity index is 1.82. The van der Waals surface area contributed by atoms with Crippen LogP contribution >= 0.6 is 11.6 Å². The van der Waals surface area contributed by atoms with Crippen LogP contribution in [0.4, 0.5) is 0 Å². The highest BCUT2D eigenvalue weighted by molar-refractivity contribution is 6.68. The molecule has 3 rings (SSSR count). The van der Waals surface area contributed by atoms with Gasteiger partial charge in [-0.3, -0.25) is 4.79 Å². The Morgan fingerprint density at radius 1 is 1.12 bits per heavy atom. The van der Waals surface area contributed by atoms with Crippen molar-refractivity contribution in [3.63, 3.8) is 0 Å². The van der Waals surface area contributed by atoms with Crippen LogP contribution < -0.4 is 9.47 Å². The third-order valence-electron chi connectivity index (χ3n) is 4.19. The van der Waals surface area contributed by atoms with Gasteiger partial charge in [-0.1, -0.05) is 30.3 Å². The second-order valence-electron chi connectivity index (χ2n) is 5.93. The van der Waals surface area contributed by atoms with Crippen molar-refractivity contribution in [2.45, 2.75) is 25.9 Å². The van der Waals surface area contributed by atoms with Crippen molar-refractivity contribution in [2.75, 3.05) is 7.11 Å². The van der Waals surface area contributed by atoms with Crippen molar-refractivity contribution in [3.05, 3.63) is 64.7 Å². The maximum absolute atomic E-state index is 11.2. The number of methoxy groups -OCH3 is 1. The Labute approximate surface area is 146 Å². The van der Waals surface area contributed by atoms with Crippen molar-refractivity contribution >= 4 is 22.9 Å². The average molecular weight is 343 g/mol. The molecule has 0 spiro atoms. The number of hydrogen-bond acceptors (Lipinski definition) is 3. The zero-order valence-electron chi connectivity index (χ0n) is 13.7. The zero-order valence-corrected chi connectivity index (χ0v) is 14.5. The maximum Gasteiger partial charge on any atom is 0.248 e. The largest absolute Gasteiger partial charge is 0.493 e. The SMILES string of the molecule is COc1ccc(/C=C(\C)C(=O)Cl)cc1OC1Cc2ccccc2C1. The van der Waals surface area contributed by atoms with Gasteiger partial charge in [0.15, 0.2) is 11.5 Å². The average Bonchev–Trinajstić information content (AvgIpc) is 2.97. The standard InChI is InChI=1S/C20H19ClO3/c1-13(20(21)22)9-14-7-8-18(23-2)19(10-14)24-17-11-15-5-3-4-6-16(15)12-17/h3-10,17H,11-12H2,1-2H3/b13-9+. The summed E-state index contributed by atoms with van der Waals surface area (Å²) in [6, 6.07) is 14.0. The molecule has 124 valence electrons. The van der Waals surface area contributed by atoms with E-state index in [0.29, 0.717) is 17.1 Å². The monoisotopic (exact) mass is 342 g/mol. The van der Waals surface area contributed by atoms with Crippen molar-refractivity contribution < 1.29 is 14.3 Å². The Morgan fingerprint density at radius 2 is 1.79 bits per heavy atom. The van der Waals surface area contributed by atoms with Crippen LogP contribution in [0.5, 0.6) is 11.5 Å². The van der Waals surface area contributed by atoms with E-state index in [2.05, 4.69) is 24.3 Å². The van der Waals surface area contributed by atoms with Gasteiger partial charge < -0.3 is 9.47 Å². The fourth-order valence-corrected chi connectivity index (χ4v) is 3.02. The van der Waals surface area contributed by atoms with Gasteiger partial charge in [0.05, 0.1) is 7.11 Å². The highest BCUT2D eigenvalue weighted by Crippen LogP contribution is 2.33. The Kier molecular flexibility index (Phi) is 4.91. The van der Waals surface area contributed by atoms with Crippen molar-refractivity contribution in [2.24, 2.45) is 0 Å². The molecule has 0 heterocycles. The number of rotatable bonds is 5. The molecule has 0 saturated carbocycles. The Morgan fingerprint density at radius 3 is 2.38 bits per heavy atom. The van der Waals surface area contributed by atoms with Crippen molar-refractivity contribution in [1.82, 2.24) is 0 Å². The number of hydrogen-bond donors (Lipinski definition) is 0. The van der Waals surface area contributed by atoms with Crippen LogP contribution in [-0.4, -0.2) is 18.5 Å². The van der Waals surface area contributed by atoms with E-state index in [4.69, 9.17) is 21.1 Å². The Bertz CT molecular complexity index is 770. The number of carbonyl (C=O) groups is 1. The molecular formula is C20H19ClO3. The number of benzene rings is 2. The molecule has 0 aliphatic heterocycles. The third-order valence-corrected chi connectivity index (χ3v) is 4.49. The molecule has 0 aromatic heterocycles. The number of ether oxygens (including phenoxy) is 2. The first-order chi connectivity index (χ1) is 11.6. The molecule has 0 fully saturated rings. The normalized spacial score (nSPS) is 14.4. The minimum atomic E-state index is -0.459. The summed E-state index contributed by atoms with van der Waals surface area (Å²) in [5.74, 6) is 1.36. The van der Waals surface area contributed by atoms with E-state index in [-0.39, 0.29) is 6.10 Å². The topological polar surface area (TPSA) is 35.5 Å². The van der Waals surface area contributed by atoms with E-state index in [1.165, 1.54) is 11.1 Å². The van der Waals surface area contributed by atoms with Crippen LogP contribution in [0, 0.1) is 0 Å². The van der Waals surface area contributed by atoms with E-state index in [0.717, 1.165) is 18.4 Å². The van der Waals surface area contributed by atoms with Crippen molar-refractivity contribution in [1.29, 1.82) is 0 Å². The van der Waals surface area contributed by atoms with Gasteiger partial charge in [0.25, 0.3) is 0 Å². The first-order valence-corrected chi connectivity index (χ1v) is 8.24. The summed E-state index contributed by atoms with van der Waals surface area (Å²) in [4.78, 5) is 11.2. The molecule has 0 atom stereocenters. The molecule has 2 aromatic rings. The molecular weight excluding hydrogens is 324 g/mol. The molecule has 0 amide bonds. The maximum atomic E-state index is 11.2. The lowest BCUT2D eigenvalue weighted by Crippen LogP contribution is -2.16. The van der Waals surface area contributed by atoms with Gasteiger partial charge in [-0.05, 0) is 53.4 Å². The van der Waals surface area contributed by atoms with Gasteiger partial charge in [0.1, 0.15) is 6.10 Å². The second-order valence-corrected chi connectivity index (χ2v) is 6.27. The highest BCUT2D eigenvalue weighted by Gasteiger charge is 2.23. The van der Waals surface area contributed by atoms with Crippen LogP contribution in [0.25, 0.3) is 6.08 Å². The van der Waals surface area contributed by atoms with Crippen LogP contribution in [0.2, 0.25) is 0 Å². The lowest BCUT2D eigenvalue weighted by atomic mass is 10.1. The summed E-state index contributed by atoms with van der Waals surface area (Å²) < 4.78 is 11.6. The summed E-state index contributed by atoms with van der Waals surface area (Å²) in [6.07, 6.45) is 3.61. The number of fused-ring (bicyclic) bond motifs is 1. The predicted molar refractivity (Wildman–Crippen MR) is 95.8 cm³/mol. The quantitative estimate of drug-likeness (QED) is 0.596. The molecule has 1 aliphatic carbocycles. The van der Waals surface area contributed by atoms with Crippen LogP contribution in [0.15, 0.2) is 48.0 Å². The molecule has 3 nitrogen and oxygen atoms in total. The molecule has 24 heavy (non-hydrogen) atoms. The van der Waals surface area contributed by atoms with Crippen LogP contribution in [0.1, 0.15) is 23.6 Å². The Hall–Kier alpha value is -2.26. The number of allylic oxidation sites excluding steroid dienone is 1. The molecule has 1 aliphatic rings. The fraction of sp³-hybridized carbons (Fsp3) is 0.250. The second kappa shape index (κ2) is 7.10. The molecule has 0 saturated heterocycles. The smallest absolute Gasteiger partial charge is 0.248 e. The van der Waals surface area contributed by atoms with Crippen molar-refractivity contribution in [3.8, 4) is 11.5 Å². The lowest BCUT2D eigenvalue weighted by Gasteiger charge is -2.16. The lowest BCUT2D eigenvalue weighted by molar-refractivity contribution is -0.108. The minimum Gasteiger partial charge on any atom is -0.493 e. The third kappa shape index (κ3) is 3.62. The van der Waals surface area contributed by atoms with Gasteiger partial charge in [-0.2, -0.15) is 0 Å². The van der Waals surface area contributed by atoms with Gasteiger partial charge >= 0.3 is 0 Å². The van der Waals surface area contributed by atoms with Gasteiger partial charge in [0.2, 0.25) is 5.24 Å². The molecule has 0 N–H and O–H groups in total. The van der Waals surface area contributed by atoms with E-state index >= 15 is 0 Å². The van der Waals surface area contributed by atoms with E-state index < -0.39 is 5.24 Å². The van der Waals surface area contributed by atoms with E-state index in [1.807, 2.05) is 18.2 Å². The summed E-state index contributed by atoms with van der Waals surface area (Å²) >= 11 is 5.50. The summed E-state index contributed by atoms with van der Waals surface area (Å²) in [5.41, 5.74) is 4.01. The zero-order chi connectivity index (χ0) is 17.1. The molecule has 0 unspecified atom stereocenters. The first kappa shape index (κ1) is 16.6. The number of carbonyl (C=O) groups excluding carboxylic acids is 1. The minimum absolute atomic E-state index is 0.0892. The predicted octanol–water partition coefficient (Wildman–Crippen LogP) is 4.41.